The number of allylic oxidation sites excluding steroid dienone is 4. The van der Waals surface area contributed by atoms with E-state index >= 15 is 0 Å². The number of hydrogen-bond acceptors (Lipinski definition) is 4. The second kappa shape index (κ2) is 40.6. The molecule has 296 valence electrons. The second-order valence-corrected chi connectivity index (χ2v) is 15.2. The Labute approximate surface area is 312 Å². The van der Waals surface area contributed by atoms with Crippen LogP contribution in [0, 0.1) is 0 Å². The largest absolute Gasteiger partial charge is 0.394 e. The molecule has 0 aliphatic carbocycles. The third kappa shape index (κ3) is 35.2. The smallest absolute Gasteiger partial charge is 0.220 e. The minimum absolute atomic E-state index is 0.156. The van der Waals surface area contributed by atoms with Gasteiger partial charge in [-0.15, -0.1) is 0 Å². The molecule has 0 saturated carbocycles. The molecule has 0 radical (unpaired) electrons. The fourth-order valence-corrected chi connectivity index (χ4v) is 6.83. The van der Waals surface area contributed by atoms with E-state index in [9.17, 15) is 20.1 Å². The first kappa shape index (κ1) is 48.8. The molecule has 50 heavy (non-hydrogen) atoms. The van der Waals surface area contributed by atoms with Crippen LogP contribution in [0.4, 0.5) is 0 Å². The number of nitrogens with one attached hydrogen (secondary N) is 1. The molecule has 4 N–H and O–H groups in total. The summed E-state index contributed by atoms with van der Waals surface area (Å²) in [7, 11) is 0. The quantitative estimate of drug-likeness (QED) is 0.0377. The molecule has 1 amide bonds. The fourth-order valence-electron chi connectivity index (χ4n) is 6.83. The Morgan fingerprint density at radius 2 is 0.820 bits per heavy atom. The van der Waals surface area contributed by atoms with Gasteiger partial charge in [0.15, 0.2) is 0 Å². The second-order valence-electron chi connectivity index (χ2n) is 15.2. The summed E-state index contributed by atoms with van der Waals surface area (Å²) >= 11 is 0. The number of carbonyl (C=O) groups excluding carboxylic acids is 1. The predicted molar refractivity (Wildman–Crippen MR) is 218 cm³/mol. The van der Waals surface area contributed by atoms with Crippen LogP contribution >= 0.6 is 0 Å². The van der Waals surface area contributed by atoms with E-state index in [0.29, 0.717) is 12.8 Å². The summed E-state index contributed by atoms with van der Waals surface area (Å²) in [6.45, 7) is 4.14. The van der Waals surface area contributed by atoms with Gasteiger partial charge in [-0.1, -0.05) is 199 Å². The summed E-state index contributed by atoms with van der Waals surface area (Å²) in [5, 5.41) is 33.4. The van der Waals surface area contributed by atoms with E-state index in [4.69, 9.17) is 0 Å². The average molecular weight is 706 g/mol. The van der Waals surface area contributed by atoms with Crippen molar-refractivity contribution >= 4 is 5.91 Å². The maximum Gasteiger partial charge on any atom is 0.220 e. The van der Waals surface area contributed by atoms with E-state index in [1.807, 2.05) is 0 Å². The Morgan fingerprint density at radius 3 is 1.22 bits per heavy atom. The van der Waals surface area contributed by atoms with Gasteiger partial charge in [-0.05, 0) is 51.4 Å². The van der Waals surface area contributed by atoms with Gasteiger partial charge in [-0.3, -0.25) is 4.79 Å². The van der Waals surface area contributed by atoms with Crippen molar-refractivity contribution < 1.29 is 20.1 Å². The van der Waals surface area contributed by atoms with Gasteiger partial charge in [0.2, 0.25) is 5.91 Å². The SMILES string of the molecule is CCCCC/C=C/CC/C=C/CCCC(O)C(O)C(CO)NC(=O)CCCCCCCCCCCCCCCCCCCCCCCCCC. The Morgan fingerprint density at radius 1 is 0.480 bits per heavy atom. The standard InChI is InChI=1S/C45H87NO4/c1-3-5-7-9-11-13-15-17-18-19-20-21-22-23-24-25-26-27-28-30-32-34-36-38-40-44(49)46-42(41-47)45(50)43(48)39-37-35-33-31-29-16-14-12-10-8-6-4-2/h12,14,31,33,42-43,45,47-48,50H,3-11,13,15-30,32,34-41H2,1-2H3,(H,46,49)/b14-12+,33-31+. The van der Waals surface area contributed by atoms with Crippen molar-refractivity contribution in [2.24, 2.45) is 0 Å². The molecule has 0 aromatic heterocycles. The molecular weight excluding hydrogens is 618 g/mol. The summed E-state index contributed by atoms with van der Waals surface area (Å²) in [6.07, 6.45) is 48.7. The Hall–Kier alpha value is -1.17. The van der Waals surface area contributed by atoms with Gasteiger partial charge in [0.1, 0.15) is 6.10 Å². The van der Waals surface area contributed by atoms with E-state index < -0.39 is 18.2 Å². The first-order valence-electron chi connectivity index (χ1n) is 22.1. The highest BCUT2D eigenvalue weighted by atomic mass is 16.3. The topological polar surface area (TPSA) is 89.8 Å². The summed E-state index contributed by atoms with van der Waals surface area (Å²) in [5.41, 5.74) is 0. The van der Waals surface area contributed by atoms with E-state index in [1.165, 1.54) is 161 Å². The van der Waals surface area contributed by atoms with Gasteiger partial charge < -0.3 is 20.6 Å². The molecule has 5 heteroatoms. The van der Waals surface area contributed by atoms with Crippen LogP contribution in [0.1, 0.15) is 232 Å². The number of aliphatic hydroxyl groups excluding tert-OH is 3. The molecule has 0 bridgehead atoms. The Bertz CT molecular complexity index is 739. The van der Waals surface area contributed by atoms with Crippen LogP contribution in [0.25, 0.3) is 0 Å². The molecule has 3 unspecified atom stereocenters. The summed E-state index contributed by atoms with van der Waals surface area (Å²) < 4.78 is 0. The van der Waals surface area contributed by atoms with Gasteiger partial charge >= 0.3 is 0 Å². The summed E-state index contributed by atoms with van der Waals surface area (Å²) in [4.78, 5) is 12.4. The maximum absolute atomic E-state index is 12.4. The lowest BCUT2D eigenvalue weighted by Crippen LogP contribution is -2.50. The Kier molecular flexibility index (Phi) is 39.6. The minimum Gasteiger partial charge on any atom is -0.394 e. The van der Waals surface area contributed by atoms with E-state index in [0.717, 1.165) is 44.9 Å². The Balaban J connectivity index is 3.58. The molecular formula is C45H87NO4. The zero-order valence-electron chi connectivity index (χ0n) is 33.5. The molecule has 0 aliphatic heterocycles. The summed E-state index contributed by atoms with van der Waals surface area (Å²) in [6, 6.07) is -0.827. The number of carbonyl (C=O) groups is 1. The molecule has 0 aromatic rings. The van der Waals surface area contributed by atoms with Crippen molar-refractivity contribution in [3.8, 4) is 0 Å². The van der Waals surface area contributed by atoms with Crippen molar-refractivity contribution in [1.82, 2.24) is 5.32 Å². The molecule has 0 rings (SSSR count). The lowest BCUT2D eigenvalue weighted by molar-refractivity contribution is -0.124. The van der Waals surface area contributed by atoms with Crippen molar-refractivity contribution in [3.63, 3.8) is 0 Å². The molecule has 0 heterocycles. The third-order valence-electron chi connectivity index (χ3n) is 10.3. The van der Waals surface area contributed by atoms with E-state index in [-0.39, 0.29) is 12.5 Å². The van der Waals surface area contributed by atoms with Crippen LogP contribution in [0.2, 0.25) is 0 Å². The van der Waals surface area contributed by atoms with E-state index in [1.54, 1.807) is 0 Å². The number of unbranched alkanes of at least 4 members (excludes halogenated alkanes) is 28. The normalized spacial score (nSPS) is 13.8. The third-order valence-corrected chi connectivity index (χ3v) is 10.3. The summed E-state index contributed by atoms with van der Waals surface area (Å²) in [5.74, 6) is -0.156. The van der Waals surface area contributed by atoms with Crippen molar-refractivity contribution in [3.05, 3.63) is 24.3 Å². The first-order valence-corrected chi connectivity index (χ1v) is 22.1. The molecule has 0 saturated heterocycles. The van der Waals surface area contributed by atoms with Gasteiger partial charge in [0.05, 0.1) is 18.8 Å². The zero-order chi connectivity index (χ0) is 36.6. The van der Waals surface area contributed by atoms with Crippen molar-refractivity contribution in [2.75, 3.05) is 6.61 Å². The molecule has 0 spiro atoms. The van der Waals surface area contributed by atoms with Crippen LogP contribution in [0.3, 0.4) is 0 Å². The monoisotopic (exact) mass is 706 g/mol. The lowest BCUT2D eigenvalue weighted by Gasteiger charge is -2.26. The number of rotatable bonds is 40. The highest BCUT2D eigenvalue weighted by molar-refractivity contribution is 5.76. The average Bonchev–Trinajstić information content (AvgIpc) is 3.12. The van der Waals surface area contributed by atoms with Crippen LogP contribution < -0.4 is 5.32 Å². The van der Waals surface area contributed by atoms with Crippen LogP contribution in [-0.2, 0) is 4.79 Å². The fraction of sp³-hybridized carbons (Fsp3) is 0.889. The minimum atomic E-state index is -1.16. The molecule has 5 nitrogen and oxygen atoms in total. The van der Waals surface area contributed by atoms with Crippen LogP contribution in [0.15, 0.2) is 24.3 Å². The molecule has 0 aromatic carbocycles. The van der Waals surface area contributed by atoms with Gasteiger partial charge in [-0.25, -0.2) is 0 Å². The number of aliphatic hydroxyl groups is 3. The predicted octanol–water partition coefficient (Wildman–Crippen LogP) is 12.6. The first-order chi connectivity index (χ1) is 24.6. The number of amides is 1. The van der Waals surface area contributed by atoms with Crippen LogP contribution in [-0.4, -0.2) is 46.1 Å². The van der Waals surface area contributed by atoms with Crippen LogP contribution in [0.5, 0.6) is 0 Å². The molecule has 0 fully saturated rings. The van der Waals surface area contributed by atoms with Gasteiger partial charge in [-0.2, -0.15) is 0 Å². The maximum atomic E-state index is 12.4. The van der Waals surface area contributed by atoms with Crippen molar-refractivity contribution in [2.45, 2.75) is 250 Å². The highest BCUT2D eigenvalue weighted by Crippen LogP contribution is 2.16. The zero-order valence-corrected chi connectivity index (χ0v) is 33.5. The number of hydrogen-bond donors (Lipinski definition) is 4. The highest BCUT2D eigenvalue weighted by Gasteiger charge is 2.26. The van der Waals surface area contributed by atoms with Gasteiger partial charge in [0.25, 0.3) is 0 Å². The van der Waals surface area contributed by atoms with Gasteiger partial charge in [0, 0.05) is 6.42 Å². The van der Waals surface area contributed by atoms with Crippen molar-refractivity contribution in [1.29, 1.82) is 0 Å². The van der Waals surface area contributed by atoms with E-state index in [2.05, 4.69) is 43.5 Å². The lowest BCUT2D eigenvalue weighted by atomic mass is 10.0. The molecule has 3 atom stereocenters. The molecule has 0 aliphatic rings.